The van der Waals surface area contributed by atoms with Crippen LogP contribution in [-0.4, -0.2) is 37.0 Å². The van der Waals surface area contributed by atoms with Gasteiger partial charge in [0.25, 0.3) is 5.91 Å². The van der Waals surface area contributed by atoms with Crippen LogP contribution in [0.15, 0.2) is 78.9 Å². The molecule has 3 aromatic rings. The highest BCUT2D eigenvalue weighted by atomic mass is 19.1. The number of para-hydroxylation sites is 1. The molecule has 1 heterocycles. The smallest absolute Gasteiger partial charge is 0.253 e. The average Bonchev–Trinajstić information content (AvgIpc) is 2.79. The molecule has 148 valence electrons. The Balaban J connectivity index is 1.32. The van der Waals surface area contributed by atoms with Crippen LogP contribution < -0.4 is 10.2 Å². The van der Waals surface area contributed by atoms with E-state index in [0.29, 0.717) is 37.4 Å². The second kappa shape index (κ2) is 8.78. The van der Waals surface area contributed by atoms with Crippen molar-refractivity contribution >= 4 is 17.3 Å². The molecule has 1 N–H and O–H groups in total. The van der Waals surface area contributed by atoms with Crippen LogP contribution in [0.1, 0.15) is 15.9 Å². The molecule has 0 atom stereocenters. The number of nitrogens with zero attached hydrogens (tertiary/aromatic N) is 2. The highest BCUT2D eigenvalue weighted by molar-refractivity contribution is 5.94. The van der Waals surface area contributed by atoms with Crippen molar-refractivity contribution in [2.45, 2.75) is 6.54 Å². The summed E-state index contributed by atoms with van der Waals surface area (Å²) in [5.74, 6) is -0.196. The molecular weight excluding hydrogens is 365 g/mol. The molecule has 1 fully saturated rings. The van der Waals surface area contributed by atoms with Gasteiger partial charge in [-0.15, -0.1) is 0 Å². The maximum Gasteiger partial charge on any atom is 0.253 e. The van der Waals surface area contributed by atoms with E-state index in [-0.39, 0.29) is 11.7 Å². The van der Waals surface area contributed by atoms with Gasteiger partial charge in [-0.3, -0.25) is 4.79 Å². The lowest BCUT2D eigenvalue weighted by Gasteiger charge is -2.36. The van der Waals surface area contributed by atoms with E-state index in [2.05, 4.69) is 17.4 Å². The van der Waals surface area contributed by atoms with E-state index >= 15 is 0 Å². The summed E-state index contributed by atoms with van der Waals surface area (Å²) in [6, 6.07) is 24.6. The predicted molar refractivity (Wildman–Crippen MR) is 115 cm³/mol. The van der Waals surface area contributed by atoms with Gasteiger partial charge in [0, 0.05) is 44.0 Å². The van der Waals surface area contributed by atoms with Gasteiger partial charge in [0.2, 0.25) is 0 Å². The number of carbonyl (C=O) groups is 1. The number of halogens is 1. The lowest BCUT2D eigenvalue weighted by molar-refractivity contribution is 0.0746. The highest BCUT2D eigenvalue weighted by Crippen LogP contribution is 2.21. The molecule has 0 spiro atoms. The number of hydrogen-bond acceptors (Lipinski definition) is 3. The zero-order valence-electron chi connectivity index (χ0n) is 16.2. The molecule has 0 saturated carbocycles. The third-order valence-electron chi connectivity index (χ3n) is 5.23. The summed E-state index contributed by atoms with van der Waals surface area (Å²) in [7, 11) is 0. The topological polar surface area (TPSA) is 35.6 Å². The average molecular weight is 389 g/mol. The maximum absolute atomic E-state index is 14.0. The Morgan fingerprint density at radius 1 is 0.828 bits per heavy atom. The molecule has 1 aliphatic rings. The Morgan fingerprint density at radius 2 is 1.48 bits per heavy atom. The quantitative estimate of drug-likeness (QED) is 0.703. The number of hydrogen-bond donors (Lipinski definition) is 1. The number of anilines is 2. The van der Waals surface area contributed by atoms with Crippen molar-refractivity contribution in [1.82, 2.24) is 4.90 Å². The minimum absolute atomic E-state index is 0.0211. The minimum atomic E-state index is -0.217. The Bertz CT molecular complexity index is 951. The molecule has 1 saturated heterocycles. The first-order valence-electron chi connectivity index (χ1n) is 9.87. The fourth-order valence-corrected chi connectivity index (χ4v) is 3.57. The molecule has 0 bridgehead atoms. The standard InChI is InChI=1S/C24H24FN3O/c25-22-8-4-5-9-23(22)27-14-16-28(17-15-27)24(29)20-10-12-21(13-11-20)26-18-19-6-2-1-3-7-19/h1-13,26H,14-18H2. The summed E-state index contributed by atoms with van der Waals surface area (Å²) < 4.78 is 14.0. The van der Waals surface area contributed by atoms with E-state index in [1.807, 2.05) is 58.3 Å². The second-order valence-electron chi connectivity index (χ2n) is 7.15. The van der Waals surface area contributed by atoms with E-state index in [1.54, 1.807) is 12.1 Å². The molecule has 1 aliphatic heterocycles. The van der Waals surface area contributed by atoms with Crippen LogP contribution >= 0.6 is 0 Å². The molecule has 0 aliphatic carbocycles. The molecule has 0 radical (unpaired) electrons. The third-order valence-corrected chi connectivity index (χ3v) is 5.23. The van der Waals surface area contributed by atoms with Crippen molar-refractivity contribution in [2.24, 2.45) is 0 Å². The fraction of sp³-hybridized carbons (Fsp3) is 0.208. The van der Waals surface area contributed by atoms with E-state index < -0.39 is 0 Å². The van der Waals surface area contributed by atoms with Crippen LogP contribution in [-0.2, 0) is 6.54 Å². The van der Waals surface area contributed by atoms with Crippen LogP contribution in [0.3, 0.4) is 0 Å². The van der Waals surface area contributed by atoms with E-state index in [1.165, 1.54) is 11.6 Å². The first-order valence-corrected chi connectivity index (χ1v) is 9.87. The number of benzene rings is 3. The van der Waals surface area contributed by atoms with Crippen molar-refractivity contribution in [1.29, 1.82) is 0 Å². The SMILES string of the molecule is O=C(c1ccc(NCc2ccccc2)cc1)N1CCN(c2ccccc2F)CC1. The summed E-state index contributed by atoms with van der Waals surface area (Å²) in [4.78, 5) is 16.6. The molecule has 4 rings (SSSR count). The van der Waals surface area contributed by atoms with Gasteiger partial charge in [-0.05, 0) is 42.0 Å². The van der Waals surface area contributed by atoms with Gasteiger partial charge in [-0.25, -0.2) is 4.39 Å². The highest BCUT2D eigenvalue weighted by Gasteiger charge is 2.23. The number of rotatable bonds is 5. The van der Waals surface area contributed by atoms with Crippen molar-refractivity contribution in [3.63, 3.8) is 0 Å². The van der Waals surface area contributed by atoms with E-state index in [9.17, 15) is 9.18 Å². The Hall–Kier alpha value is -3.34. The van der Waals surface area contributed by atoms with Crippen molar-refractivity contribution in [3.8, 4) is 0 Å². The second-order valence-corrected chi connectivity index (χ2v) is 7.15. The largest absolute Gasteiger partial charge is 0.381 e. The summed E-state index contributed by atoms with van der Waals surface area (Å²) in [5, 5.41) is 3.37. The van der Waals surface area contributed by atoms with Crippen LogP contribution in [0.25, 0.3) is 0 Å². The van der Waals surface area contributed by atoms with E-state index in [0.717, 1.165) is 12.2 Å². The number of carbonyl (C=O) groups excluding carboxylic acids is 1. The zero-order valence-corrected chi connectivity index (χ0v) is 16.2. The summed E-state index contributed by atoms with van der Waals surface area (Å²) in [5.41, 5.74) is 3.47. The Labute approximate surface area is 170 Å². The fourth-order valence-electron chi connectivity index (χ4n) is 3.57. The Kier molecular flexibility index (Phi) is 5.75. The number of amides is 1. The van der Waals surface area contributed by atoms with Gasteiger partial charge < -0.3 is 15.1 Å². The van der Waals surface area contributed by atoms with Gasteiger partial charge in [0.05, 0.1) is 5.69 Å². The number of piperazine rings is 1. The normalized spacial score (nSPS) is 14.0. The van der Waals surface area contributed by atoms with Gasteiger partial charge in [0.1, 0.15) is 5.82 Å². The molecular formula is C24H24FN3O. The molecule has 0 aromatic heterocycles. The van der Waals surface area contributed by atoms with Crippen LogP contribution in [0.4, 0.5) is 15.8 Å². The summed E-state index contributed by atoms with van der Waals surface area (Å²) in [6.45, 7) is 3.17. The first kappa shape index (κ1) is 19.0. The van der Waals surface area contributed by atoms with Crippen molar-refractivity contribution in [2.75, 3.05) is 36.4 Å². The van der Waals surface area contributed by atoms with E-state index in [4.69, 9.17) is 0 Å². The lowest BCUT2D eigenvalue weighted by Crippen LogP contribution is -2.49. The van der Waals surface area contributed by atoms with Gasteiger partial charge in [-0.1, -0.05) is 42.5 Å². The van der Waals surface area contributed by atoms with Crippen LogP contribution in [0.2, 0.25) is 0 Å². The van der Waals surface area contributed by atoms with Gasteiger partial charge in [0.15, 0.2) is 0 Å². The molecule has 4 nitrogen and oxygen atoms in total. The molecule has 3 aromatic carbocycles. The summed E-state index contributed by atoms with van der Waals surface area (Å²) >= 11 is 0. The summed E-state index contributed by atoms with van der Waals surface area (Å²) in [6.07, 6.45) is 0. The van der Waals surface area contributed by atoms with Gasteiger partial charge >= 0.3 is 0 Å². The lowest BCUT2D eigenvalue weighted by atomic mass is 10.1. The molecule has 29 heavy (non-hydrogen) atoms. The third kappa shape index (κ3) is 4.57. The molecule has 5 heteroatoms. The van der Waals surface area contributed by atoms with Crippen LogP contribution in [0.5, 0.6) is 0 Å². The zero-order chi connectivity index (χ0) is 20.1. The predicted octanol–water partition coefficient (Wildman–Crippen LogP) is 4.40. The monoisotopic (exact) mass is 389 g/mol. The Morgan fingerprint density at radius 3 is 2.17 bits per heavy atom. The van der Waals surface area contributed by atoms with Crippen molar-refractivity contribution < 1.29 is 9.18 Å². The minimum Gasteiger partial charge on any atom is -0.381 e. The van der Waals surface area contributed by atoms with Gasteiger partial charge in [-0.2, -0.15) is 0 Å². The maximum atomic E-state index is 14.0. The first-order chi connectivity index (χ1) is 14.2. The molecule has 1 amide bonds. The van der Waals surface area contributed by atoms with Crippen molar-refractivity contribution in [3.05, 3.63) is 95.8 Å². The number of nitrogens with one attached hydrogen (secondary N) is 1. The molecule has 0 unspecified atom stereocenters. The van der Waals surface area contributed by atoms with Crippen LogP contribution in [0, 0.1) is 5.82 Å².